The van der Waals surface area contributed by atoms with E-state index in [-0.39, 0.29) is 38.0 Å². The summed E-state index contributed by atoms with van der Waals surface area (Å²) >= 11 is 0. The topological polar surface area (TPSA) is 170 Å². The molecule has 3 rings (SSSR count). The van der Waals surface area contributed by atoms with E-state index in [4.69, 9.17) is 9.84 Å². The third-order valence-corrected chi connectivity index (χ3v) is 7.89. The number of aliphatic hydroxyl groups is 2. The van der Waals surface area contributed by atoms with Gasteiger partial charge in [-0.1, -0.05) is 44.8 Å². The predicted molar refractivity (Wildman–Crippen MR) is 132 cm³/mol. The zero-order valence-electron chi connectivity index (χ0n) is 21.4. The Bertz CT molecular complexity index is 944. The summed E-state index contributed by atoms with van der Waals surface area (Å²) in [6.07, 6.45) is 8.15. The summed E-state index contributed by atoms with van der Waals surface area (Å²) in [7, 11) is 0. The number of allylic oxidation sites excluding steroid dienone is 3. The minimum Gasteiger partial charge on any atom is -0.481 e. The highest BCUT2D eigenvalue weighted by atomic mass is 16.6. The Morgan fingerprint density at radius 3 is 2.54 bits per heavy atom. The minimum atomic E-state index is -2.14. The van der Waals surface area contributed by atoms with Crippen LogP contribution < -0.4 is 5.32 Å². The van der Waals surface area contributed by atoms with E-state index in [1.54, 1.807) is 0 Å². The van der Waals surface area contributed by atoms with Gasteiger partial charge in [-0.2, -0.15) is 0 Å². The molecule has 0 aromatic heterocycles. The van der Waals surface area contributed by atoms with Crippen LogP contribution in [0.2, 0.25) is 0 Å². The molecule has 0 amide bonds. The number of hydrogen-bond acceptors (Lipinski definition) is 8. The molecule has 10 nitrogen and oxygen atoms in total. The smallest absolute Gasteiger partial charge is 0.326 e. The van der Waals surface area contributed by atoms with Crippen LogP contribution in [0.4, 0.5) is 0 Å². The van der Waals surface area contributed by atoms with Crippen molar-refractivity contribution in [1.29, 1.82) is 0 Å². The summed E-state index contributed by atoms with van der Waals surface area (Å²) in [6, 6.07) is -0.922. The van der Waals surface area contributed by atoms with Crippen molar-refractivity contribution in [2.45, 2.75) is 108 Å². The highest BCUT2D eigenvalue weighted by molar-refractivity contribution is 5.98. The second-order valence-corrected chi connectivity index (χ2v) is 10.5. The normalized spacial score (nSPS) is 31.5. The summed E-state index contributed by atoms with van der Waals surface area (Å²) in [5, 5.41) is 42.9. The molecule has 2 saturated heterocycles. The van der Waals surface area contributed by atoms with Crippen molar-refractivity contribution >= 4 is 23.5 Å². The van der Waals surface area contributed by atoms with Crippen LogP contribution in [0.1, 0.15) is 84.0 Å². The van der Waals surface area contributed by atoms with Crippen LogP contribution in [0.25, 0.3) is 0 Å². The lowest BCUT2D eigenvalue weighted by atomic mass is 9.59. The van der Waals surface area contributed by atoms with E-state index in [1.165, 1.54) is 6.08 Å². The number of ketones is 2. The van der Waals surface area contributed by atoms with E-state index in [0.29, 0.717) is 25.0 Å². The average Bonchev–Trinajstić information content (AvgIpc) is 3.18. The predicted octanol–water partition coefficient (Wildman–Crippen LogP) is 2.47. The molecule has 2 heterocycles. The largest absolute Gasteiger partial charge is 0.481 e. The van der Waals surface area contributed by atoms with E-state index < -0.39 is 53.0 Å². The third kappa shape index (κ3) is 6.66. The van der Waals surface area contributed by atoms with Gasteiger partial charge >= 0.3 is 11.9 Å². The Balaban J connectivity index is 1.70. The molecule has 1 spiro atoms. The van der Waals surface area contributed by atoms with Crippen molar-refractivity contribution < 1.29 is 44.3 Å². The first-order chi connectivity index (χ1) is 17.5. The molecule has 206 valence electrons. The van der Waals surface area contributed by atoms with Crippen LogP contribution in [0.3, 0.4) is 0 Å². The van der Waals surface area contributed by atoms with Gasteiger partial charge in [0.2, 0.25) is 11.6 Å². The lowest BCUT2D eigenvalue weighted by molar-refractivity contribution is -0.278. The fourth-order valence-electron chi connectivity index (χ4n) is 6.00. The Kier molecular flexibility index (Phi) is 9.66. The first-order valence-electron chi connectivity index (χ1n) is 13.3. The van der Waals surface area contributed by atoms with Crippen LogP contribution >= 0.6 is 0 Å². The number of rotatable bonds is 15. The van der Waals surface area contributed by atoms with Gasteiger partial charge in [0.25, 0.3) is 0 Å². The van der Waals surface area contributed by atoms with Gasteiger partial charge < -0.3 is 30.5 Å². The average molecular weight is 522 g/mol. The minimum absolute atomic E-state index is 0.0821. The lowest BCUT2D eigenvalue weighted by Gasteiger charge is -2.53. The van der Waals surface area contributed by atoms with Crippen molar-refractivity contribution in [3.05, 3.63) is 23.9 Å². The summed E-state index contributed by atoms with van der Waals surface area (Å²) in [5.41, 5.74) is -0.401. The van der Waals surface area contributed by atoms with Crippen molar-refractivity contribution in [1.82, 2.24) is 5.32 Å². The first kappa shape index (κ1) is 29.0. The van der Waals surface area contributed by atoms with Crippen molar-refractivity contribution in [2.24, 2.45) is 11.3 Å². The number of ether oxygens (including phenoxy) is 1. The third-order valence-electron chi connectivity index (χ3n) is 7.89. The fourth-order valence-corrected chi connectivity index (χ4v) is 6.00. The SMILES string of the molecule is CC/C=C\C[C@H]1[C@H](CC(=O)[C@@H](O)CCCCCCCC(=O)O)O[C@@]2(O)CC13C[C@@H](C(=O)O)NC3=CC2=O. The molecule has 37 heavy (non-hydrogen) atoms. The van der Waals surface area contributed by atoms with Gasteiger partial charge in [-0.25, -0.2) is 4.79 Å². The molecule has 2 bridgehead atoms. The number of carboxylic acids is 2. The molecule has 1 unspecified atom stereocenters. The summed E-state index contributed by atoms with van der Waals surface area (Å²) in [4.78, 5) is 48.1. The van der Waals surface area contributed by atoms with Crippen molar-refractivity contribution in [2.75, 3.05) is 0 Å². The summed E-state index contributed by atoms with van der Waals surface area (Å²) in [6.45, 7) is 1.98. The number of nitrogens with one attached hydrogen (secondary N) is 1. The Labute approximate surface area is 216 Å². The second-order valence-electron chi connectivity index (χ2n) is 10.5. The van der Waals surface area contributed by atoms with Crippen LogP contribution in [-0.4, -0.2) is 68.0 Å². The molecule has 0 aromatic rings. The number of fused-ring (bicyclic) bond motifs is 1. The summed E-state index contributed by atoms with van der Waals surface area (Å²) in [5.74, 6) is -5.52. The maximum atomic E-state index is 13.0. The lowest BCUT2D eigenvalue weighted by Crippen LogP contribution is -2.61. The highest BCUT2D eigenvalue weighted by Gasteiger charge is 2.64. The molecule has 10 heteroatoms. The number of aliphatic carboxylic acids is 2. The maximum Gasteiger partial charge on any atom is 0.326 e. The van der Waals surface area contributed by atoms with Gasteiger partial charge in [-0.15, -0.1) is 0 Å². The second kappa shape index (κ2) is 12.3. The maximum absolute atomic E-state index is 13.0. The van der Waals surface area contributed by atoms with E-state index in [0.717, 1.165) is 25.7 Å². The van der Waals surface area contributed by atoms with Crippen molar-refractivity contribution in [3.63, 3.8) is 0 Å². The van der Waals surface area contributed by atoms with Gasteiger partial charge in [0.15, 0.2) is 5.78 Å². The van der Waals surface area contributed by atoms with Crippen LogP contribution in [0.15, 0.2) is 23.9 Å². The molecule has 3 aliphatic rings. The standard InChI is InChI=1S/C27H39NO9/c1-2-3-7-10-17-21(13-20(30)19(29)11-8-5-4-6-9-12-24(32)33)37-27(36)16-26(17)15-18(25(34)35)28-22(26)14-23(27)31/h3,7,14,17-19,21,28-29,36H,2,4-6,8-13,15-16H2,1H3,(H,32,33)(H,34,35)/b7-3-/t17-,18-,19-,21-,26?,27-/m0/s1. The van der Waals surface area contributed by atoms with Gasteiger partial charge in [0.05, 0.1) is 6.10 Å². The van der Waals surface area contributed by atoms with Crippen LogP contribution in [0.5, 0.6) is 0 Å². The molecular weight excluding hydrogens is 482 g/mol. The number of carbonyl (C=O) groups excluding carboxylic acids is 2. The molecule has 0 radical (unpaired) electrons. The number of unbranched alkanes of at least 4 members (excludes halogenated alkanes) is 4. The zero-order valence-corrected chi connectivity index (χ0v) is 21.4. The summed E-state index contributed by atoms with van der Waals surface area (Å²) < 4.78 is 5.88. The van der Waals surface area contributed by atoms with Crippen LogP contribution in [0, 0.1) is 11.3 Å². The number of hydrogen-bond donors (Lipinski definition) is 5. The van der Waals surface area contributed by atoms with Crippen LogP contribution in [-0.2, 0) is 23.9 Å². The van der Waals surface area contributed by atoms with E-state index in [9.17, 15) is 34.5 Å². The first-order valence-corrected chi connectivity index (χ1v) is 13.3. The van der Waals surface area contributed by atoms with E-state index >= 15 is 0 Å². The van der Waals surface area contributed by atoms with E-state index in [1.807, 2.05) is 19.1 Å². The van der Waals surface area contributed by atoms with Gasteiger partial charge in [-0.05, 0) is 32.1 Å². The quantitative estimate of drug-likeness (QED) is 0.159. The van der Waals surface area contributed by atoms with Gasteiger partial charge in [-0.3, -0.25) is 14.4 Å². The fraction of sp³-hybridized carbons (Fsp3) is 0.704. The molecule has 2 aliphatic heterocycles. The molecule has 2 fully saturated rings. The number of carbonyl (C=O) groups is 4. The molecule has 1 aliphatic carbocycles. The zero-order chi connectivity index (χ0) is 27.2. The van der Waals surface area contributed by atoms with Crippen molar-refractivity contribution in [3.8, 4) is 0 Å². The monoisotopic (exact) mass is 521 g/mol. The Morgan fingerprint density at radius 1 is 1.16 bits per heavy atom. The number of carboxylic acid groups (broad SMARTS) is 2. The molecular formula is C27H39NO9. The number of Topliss-reactive ketones (excluding diaryl/α,β-unsaturated/α-hetero) is 1. The van der Waals surface area contributed by atoms with E-state index in [2.05, 4.69) is 5.32 Å². The molecule has 0 saturated carbocycles. The molecule has 6 atom stereocenters. The van der Waals surface area contributed by atoms with Gasteiger partial charge in [0.1, 0.15) is 12.1 Å². The molecule has 5 N–H and O–H groups in total. The molecule has 0 aromatic carbocycles. The Hall–Kier alpha value is -2.56. The number of aliphatic hydroxyl groups excluding tert-OH is 1. The highest BCUT2D eigenvalue weighted by Crippen LogP contribution is 2.59. The Morgan fingerprint density at radius 2 is 1.86 bits per heavy atom. The van der Waals surface area contributed by atoms with Gasteiger partial charge in [0, 0.05) is 42.4 Å².